The molecule has 0 saturated heterocycles. The lowest BCUT2D eigenvalue weighted by Crippen LogP contribution is -2.43. The molecule has 4 nitrogen and oxygen atoms in total. The van der Waals surface area contributed by atoms with E-state index in [0.29, 0.717) is 11.8 Å². The zero-order valence-corrected chi connectivity index (χ0v) is 10.9. The molecule has 1 N–H and O–H groups in total. The zero-order valence-electron chi connectivity index (χ0n) is 10.1. The summed E-state index contributed by atoms with van der Waals surface area (Å²) in [6.07, 6.45) is 2.91. The Kier molecular flexibility index (Phi) is 4.34. The van der Waals surface area contributed by atoms with E-state index in [4.69, 9.17) is 5.26 Å². The van der Waals surface area contributed by atoms with Crippen LogP contribution in [0.5, 0.6) is 0 Å². The Bertz CT molecular complexity index is 362. The Morgan fingerprint density at radius 2 is 1.75 bits per heavy atom. The average molecular weight is 244 g/mol. The molecule has 0 aliphatic heterocycles. The van der Waals surface area contributed by atoms with Crippen LogP contribution in [0.2, 0.25) is 0 Å². The van der Waals surface area contributed by atoms with E-state index in [-0.39, 0.29) is 6.04 Å². The molecule has 3 unspecified atom stereocenters. The molecule has 1 aliphatic rings. The lowest BCUT2D eigenvalue weighted by atomic mass is 9.81. The molecule has 1 fully saturated rings. The molecular weight excluding hydrogens is 224 g/mol. The van der Waals surface area contributed by atoms with Gasteiger partial charge in [-0.1, -0.05) is 13.8 Å². The Balaban J connectivity index is 2.64. The van der Waals surface area contributed by atoms with Crippen molar-refractivity contribution in [2.45, 2.75) is 51.3 Å². The first kappa shape index (κ1) is 13.5. The largest absolute Gasteiger partial charge is 0.227 e. The third-order valence-electron chi connectivity index (χ3n) is 3.16. The fourth-order valence-electron chi connectivity index (χ4n) is 2.45. The second kappa shape index (κ2) is 5.15. The number of hydrogen-bond acceptors (Lipinski definition) is 3. The third kappa shape index (κ3) is 3.46. The maximum atomic E-state index is 11.7. The molecule has 3 atom stereocenters. The third-order valence-corrected chi connectivity index (χ3v) is 4.85. The van der Waals surface area contributed by atoms with Gasteiger partial charge >= 0.3 is 0 Å². The molecule has 0 aromatic rings. The van der Waals surface area contributed by atoms with E-state index in [1.807, 2.05) is 0 Å². The molecule has 0 heterocycles. The van der Waals surface area contributed by atoms with Crippen LogP contribution in [0, 0.1) is 23.2 Å². The molecule has 92 valence electrons. The van der Waals surface area contributed by atoms with E-state index >= 15 is 0 Å². The van der Waals surface area contributed by atoms with Crippen LogP contribution in [0.3, 0.4) is 0 Å². The lowest BCUT2D eigenvalue weighted by Gasteiger charge is -2.31. The van der Waals surface area contributed by atoms with Crippen molar-refractivity contribution < 1.29 is 8.42 Å². The monoisotopic (exact) mass is 244 g/mol. The minimum Gasteiger partial charge on any atom is -0.211 e. The summed E-state index contributed by atoms with van der Waals surface area (Å²) in [5.74, 6) is 1.10. The van der Waals surface area contributed by atoms with Gasteiger partial charge in [-0.3, -0.25) is 0 Å². The Morgan fingerprint density at radius 3 is 2.19 bits per heavy atom. The van der Waals surface area contributed by atoms with Crippen LogP contribution < -0.4 is 4.72 Å². The number of rotatable bonds is 3. The number of nitriles is 1. The zero-order chi connectivity index (χ0) is 12.3. The quantitative estimate of drug-likeness (QED) is 0.820. The normalized spacial score (nSPS) is 33.0. The fraction of sp³-hybridized carbons (Fsp3) is 0.909. The van der Waals surface area contributed by atoms with Gasteiger partial charge in [0.25, 0.3) is 0 Å². The molecule has 1 rings (SSSR count). The van der Waals surface area contributed by atoms with E-state index in [9.17, 15) is 8.42 Å². The molecule has 0 aromatic heterocycles. The summed E-state index contributed by atoms with van der Waals surface area (Å²) in [5.41, 5.74) is 0. The van der Waals surface area contributed by atoms with Gasteiger partial charge in [0, 0.05) is 6.04 Å². The van der Waals surface area contributed by atoms with E-state index in [2.05, 4.69) is 18.6 Å². The summed E-state index contributed by atoms with van der Waals surface area (Å²) in [5, 5.41) is 7.66. The van der Waals surface area contributed by atoms with Crippen molar-refractivity contribution in [1.82, 2.24) is 4.72 Å². The highest BCUT2D eigenvalue weighted by molar-refractivity contribution is 7.90. The molecule has 0 aromatic carbocycles. The topological polar surface area (TPSA) is 70.0 Å². The van der Waals surface area contributed by atoms with Crippen LogP contribution in [0.25, 0.3) is 0 Å². The van der Waals surface area contributed by atoms with E-state index < -0.39 is 15.3 Å². The van der Waals surface area contributed by atoms with Crippen molar-refractivity contribution in [2.75, 3.05) is 0 Å². The molecule has 0 amide bonds. The van der Waals surface area contributed by atoms with Gasteiger partial charge in [-0.25, -0.2) is 13.1 Å². The second-order valence-corrected chi connectivity index (χ2v) is 7.08. The van der Waals surface area contributed by atoms with E-state index in [1.165, 1.54) is 6.92 Å². The van der Waals surface area contributed by atoms with Crippen molar-refractivity contribution >= 4 is 10.0 Å². The maximum absolute atomic E-state index is 11.7. The first-order valence-corrected chi connectivity index (χ1v) is 7.30. The van der Waals surface area contributed by atoms with Gasteiger partial charge in [-0.05, 0) is 38.0 Å². The van der Waals surface area contributed by atoms with E-state index in [1.54, 1.807) is 6.07 Å². The van der Waals surface area contributed by atoms with Gasteiger partial charge in [0.05, 0.1) is 6.07 Å². The van der Waals surface area contributed by atoms with Crippen molar-refractivity contribution in [3.63, 3.8) is 0 Å². The average Bonchev–Trinajstić information content (AvgIpc) is 2.13. The van der Waals surface area contributed by atoms with Crippen molar-refractivity contribution in [1.29, 1.82) is 5.26 Å². The SMILES string of the molecule is CC1CC(C)CC(NS(=O)(=O)C(C)C#N)C1. The molecule has 1 aliphatic carbocycles. The molecule has 5 heteroatoms. The second-order valence-electron chi connectivity index (χ2n) is 5.05. The predicted octanol–water partition coefficient (Wildman–Crippen LogP) is 1.64. The number of hydrogen-bond donors (Lipinski definition) is 1. The number of nitrogens with zero attached hydrogens (tertiary/aromatic N) is 1. The van der Waals surface area contributed by atoms with Gasteiger partial charge in [-0.15, -0.1) is 0 Å². The van der Waals surface area contributed by atoms with Crippen LogP contribution in [0.4, 0.5) is 0 Å². The Hall–Kier alpha value is -0.600. The minimum atomic E-state index is -3.47. The first-order chi connectivity index (χ1) is 7.35. The fourth-order valence-corrected chi connectivity index (χ4v) is 3.45. The molecular formula is C11H20N2O2S. The Labute approximate surface area is 98.1 Å². The van der Waals surface area contributed by atoms with Crippen LogP contribution >= 0.6 is 0 Å². The maximum Gasteiger partial charge on any atom is 0.227 e. The van der Waals surface area contributed by atoms with Crippen LogP contribution in [-0.2, 0) is 10.0 Å². The van der Waals surface area contributed by atoms with Crippen LogP contribution in [0.1, 0.15) is 40.0 Å². The standard InChI is InChI=1S/C11H20N2O2S/c1-8-4-9(2)6-11(5-8)13-16(14,15)10(3)7-12/h8-11,13H,4-6H2,1-3H3. The molecule has 1 saturated carbocycles. The predicted molar refractivity (Wildman–Crippen MR) is 63.1 cm³/mol. The molecule has 16 heavy (non-hydrogen) atoms. The summed E-state index contributed by atoms with van der Waals surface area (Å²) >= 11 is 0. The minimum absolute atomic E-state index is 0.000417. The summed E-state index contributed by atoms with van der Waals surface area (Å²) < 4.78 is 26.1. The molecule has 0 bridgehead atoms. The number of nitrogens with one attached hydrogen (secondary N) is 1. The molecule has 0 spiro atoms. The molecule has 0 radical (unpaired) electrons. The lowest BCUT2D eigenvalue weighted by molar-refractivity contribution is 0.257. The highest BCUT2D eigenvalue weighted by Crippen LogP contribution is 2.29. The van der Waals surface area contributed by atoms with Gasteiger partial charge in [0.15, 0.2) is 5.25 Å². The summed E-state index contributed by atoms with van der Waals surface area (Å²) in [7, 11) is -3.47. The van der Waals surface area contributed by atoms with Gasteiger partial charge in [0.2, 0.25) is 10.0 Å². The smallest absolute Gasteiger partial charge is 0.211 e. The van der Waals surface area contributed by atoms with Crippen LogP contribution in [0.15, 0.2) is 0 Å². The van der Waals surface area contributed by atoms with Crippen molar-refractivity contribution in [3.8, 4) is 6.07 Å². The first-order valence-electron chi connectivity index (χ1n) is 5.76. The summed E-state index contributed by atoms with van der Waals surface area (Å²) in [4.78, 5) is 0. The van der Waals surface area contributed by atoms with Crippen molar-refractivity contribution in [3.05, 3.63) is 0 Å². The van der Waals surface area contributed by atoms with Crippen LogP contribution in [-0.4, -0.2) is 19.7 Å². The Morgan fingerprint density at radius 1 is 1.25 bits per heavy atom. The summed E-state index contributed by atoms with van der Waals surface area (Å²) in [6.45, 7) is 5.70. The highest BCUT2D eigenvalue weighted by atomic mass is 32.2. The van der Waals surface area contributed by atoms with Gasteiger partial charge in [-0.2, -0.15) is 5.26 Å². The van der Waals surface area contributed by atoms with E-state index in [0.717, 1.165) is 19.3 Å². The number of sulfonamides is 1. The van der Waals surface area contributed by atoms with Gasteiger partial charge < -0.3 is 0 Å². The van der Waals surface area contributed by atoms with Crippen molar-refractivity contribution in [2.24, 2.45) is 11.8 Å². The van der Waals surface area contributed by atoms with Gasteiger partial charge in [0.1, 0.15) is 0 Å². The highest BCUT2D eigenvalue weighted by Gasteiger charge is 2.29. The summed E-state index contributed by atoms with van der Waals surface area (Å²) in [6, 6.07) is 1.77.